The van der Waals surface area contributed by atoms with Gasteiger partial charge in [0, 0.05) is 18.5 Å². The van der Waals surface area contributed by atoms with E-state index in [4.69, 9.17) is 14.5 Å². The molecule has 11 nitrogen and oxygen atoms in total. The Balaban J connectivity index is 1.65. The maximum atomic E-state index is 13.4. The number of aliphatic hydroxyl groups is 1. The number of rotatable bonds is 12. The second-order valence-electron chi connectivity index (χ2n) is 11.1. The molecule has 0 fully saturated rings. The fourth-order valence-corrected chi connectivity index (χ4v) is 4.46. The number of carbonyl (C=O) groups excluding carboxylic acids is 2. The number of nitrogens with zero attached hydrogens (tertiary/aromatic N) is 5. The zero-order valence-corrected chi connectivity index (χ0v) is 24.8. The number of H-pyrrole nitrogens is 1. The van der Waals surface area contributed by atoms with Crippen LogP contribution in [0.4, 0.5) is 0 Å². The highest BCUT2D eigenvalue weighted by atomic mass is 16.7. The van der Waals surface area contributed by atoms with Crippen molar-refractivity contribution in [3.05, 3.63) is 71.3 Å². The molecule has 0 spiro atoms. The third-order valence-electron chi connectivity index (χ3n) is 6.83. The lowest BCUT2D eigenvalue weighted by Crippen LogP contribution is -2.25. The third kappa shape index (κ3) is 7.09. The summed E-state index contributed by atoms with van der Waals surface area (Å²) < 4.78 is 12.3. The van der Waals surface area contributed by atoms with Crippen molar-refractivity contribution in [3.63, 3.8) is 0 Å². The van der Waals surface area contributed by atoms with Crippen LogP contribution in [0.5, 0.6) is 0 Å². The van der Waals surface area contributed by atoms with E-state index in [1.165, 1.54) is 0 Å². The van der Waals surface area contributed by atoms with Gasteiger partial charge in [0.25, 0.3) is 0 Å². The van der Waals surface area contributed by atoms with Gasteiger partial charge in [0.05, 0.1) is 11.5 Å². The van der Waals surface area contributed by atoms with Gasteiger partial charge in [0.1, 0.15) is 11.5 Å². The molecule has 11 heteroatoms. The van der Waals surface area contributed by atoms with Crippen LogP contribution >= 0.6 is 0 Å². The van der Waals surface area contributed by atoms with Gasteiger partial charge in [0.15, 0.2) is 5.69 Å². The Morgan fingerprint density at radius 1 is 1.02 bits per heavy atom. The maximum absolute atomic E-state index is 13.4. The lowest BCUT2D eigenvalue weighted by Gasteiger charge is -2.17. The van der Waals surface area contributed by atoms with Gasteiger partial charge in [0.2, 0.25) is 12.6 Å². The minimum atomic E-state index is -0.949. The quantitative estimate of drug-likeness (QED) is 0.171. The number of hydrogen-bond donors (Lipinski definition) is 2. The van der Waals surface area contributed by atoms with Crippen molar-refractivity contribution >= 4 is 11.9 Å². The van der Waals surface area contributed by atoms with Gasteiger partial charge in [-0.1, -0.05) is 68.8 Å². The van der Waals surface area contributed by atoms with Crippen molar-refractivity contribution in [2.75, 3.05) is 6.79 Å². The molecule has 2 heterocycles. The number of aromatic amines is 1. The number of aryl methyl sites for hydroxylation is 1. The smallest absolute Gasteiger partial charge is 0.359 e. The molecule has 1 unspecified atom stereocenters. The number of tetrazole rings is 1. The molecule has 0 saturated carbocycles. The van der Waals surface area contributed by atoms with Gasteiger partial charge in [-0.25, -0.2) is 9.78 Å². The molecule has 2 N–H and O–H groups in total. The van der Waals surface area contributed by atoms with E-state index >= 15 is 0 Å². The van der Waals surface area contributed by atoms with Crippen LogP contribution in [0.2, 0.25) is 0 Å². The average Bonchev–Trinajstić information content (AvgIpc) is 3.64. The molecule has 0 bridgehead atoms. The molecule has 1 atom stereocenters. The number of unbranched alkanes of at least 4 members (excludes halogenated alkanes) is 1. The highest BCUT2D eigenvalue weighted by molar-refractivity contribution is 5.89. The summed E-state index contributed by atoms with van der Waals surface area (Å²) in [6.07, 6.45) is 1.85. The van der Waals surface area contributed by atoms with E-state index < -0.39 is 30.3 Å². The summed E-state index contributed by atoms with van der Waals surface area (Å²) in [5.41, 5.74) is 3.40. The molecule has 0 radical (unpaired) electrons. The van der Waals surface area contributed by atoms with E-state index in [0.29, 0.717) is 31.0 Å². The summed E-state index contributed by atoms with van der Waals surface area (Å²) in [4.78, 5) is 30.3. The first-order valence-corrected chi connectivity index (χ1v) is 14.2. The van der Waals surface area contributed by atoms with E-state index in [-0.39, 0.29) is 11.4 Å². The molecular weight excluding hydrogens is 536 g/mol. The molecule has 222 valence electrons. The summed E-state index contributed by atoms with van der Waals surface area (Å²) in [7, 11) is 0. The van der Waals surface area contributed by atoms with Crippen molar-refractivity contribution in [1.29, 1.82) is 0 Å². The monoisotopic (exact) mass is 574 g/mol. The van der Waals surface area contributed by atoms with E-state index in [0.717, 1.165) is 35.1 Å². The first kappa shape index (κ1) is 30.6. The molecule has 0 aliphatic heterocycles. The highest BCUT2D eigenvalue weighted by Gasteiger charge is 2.29. The Labute approximate surface area is 245 Å². The molecule has 2 aromatic carbocycles. The summed E-state index contributed by atoms with van der Waals surface area (Å²) in [5.74, 6) is -0.00103. The van der Waals surface area contributed by atoms with Crippen LogP contribution < -0.4 is 0 Å². The van der Waals surface area contributed by atoms with E-state index in [9.17, 15) is 14.7 Å². The van der Waals surface area contributed by atoms with E-state index in [1.54, 1.807) is 25.3 Å². The number of nitrogens with one attached hydrogen (secondary N) is 1. The van der Waals surface area contributed by atoms with Gasteiger partial charge in [-0.2, -0.15) is 5.21 Å². The topological polar surface area (TPSA) is 145 Å². The van der Waals surface area contributed by atoms with Gasteiger partial charge in [-0.15, -0.1) is 10.2 Å². The largest absolute Gasteiger partial charge is 0.427 e. The third-order valence-corrected chi connectivity index (χ3v) is 6.83. The first-order valence-electron chi connectivity index (χ1n) is 14.2. The van der Waals surface area contributed by atoms with Crippen molar-refractivity contribution in [3.8, 4) is 22.5 Å². The van der Waals surface area contributed by atoms with Crippen molar-refractivity contribution in [2.24, 2.45) is 5.41 Å². The molecular formula is C31H38N6O5. The highest BCUT2D eigenvalue weighted by Crippen LogP contribution is 2.30. The molecule has 4 aromatic rings. The SMILES string of the molecule is CCCCc1nc(C(O)CC)c(C(=O)OCOC(=O)C(C)(C)C)n1Cc1ccc(-c2ccccc2-c2nn[nH]n2)cc1. The van der Waals surface area contributed by atoms with Gasteiger partial charge < -0.3 is 19.1 Å². The summed E-state index contributed by atoms with van der Waals surface area (Å²) in [6, 6.07) is 15.8. The van der Waals surface area contributed by atoms with Crippen LogP contribution in [-0.2, 0) is 27.2 Å². The number of hydrogen-bond acceptors (Lipinski definition) is 9. The molecule has 0 amide bonds. The fourth-order valence-electron chi connectivity index (χ4n) is 4.46. The summed E-state index contributed by atoms with van der Waals surface area (Å²) >= 11 is 0. The molecule has 0 aliphatic carbocycles. The van der Waals surface area contributed by atoms with Crippen LogP contribution in [0.15, 0.2) is 48.5 Å². The Morgan fingerprint density at radius 2 is 1.74 bits per heavy atom. The second kappa shape index (κ2) is 13.5. The fraction of sp³-hybridized carbons (Fsp3) is 0.419. The Bertz CT molecular complexity index is 1490. The number of esters is 2. The van der Waals surface area contributed by atoms with Crippen LogP contribution in [0.3, 0.4) is 0 Å². The maximum Gasteiger partial charge on any atom is 0.359 e. The first-order chi connectivity index (χ1) is 20.1. The lowest BCUT2D eigenvalue weighted by molar-refractivity contribution is -0.161. The number of ether oxygens (including phenoxy) is 2. The molecule has 42 heavy (non-hydrogen) atoms. The molecule has 0 saturated heterocycles. The molecule has 4 rings (SSSR count). The average molecular weight is 575 g/mol. The number of aromatic nitrogens is 6. The van der Waals surface area contributed by atoms with Gasteiger partial charge in [-0.05, 0) is 55.5 Å². The predicted molar refractivity (Wildman–Crippen MR) is 156 cm³/mol. The summed E-state index contributed by atoms with van der Waals surface area (Å²) in [6.45, 7) is 8.87. The number of benzene rings is 2. The second-order valence-corrected chi connectivity index (χ2v) is 11.1. The lowest BCUT2D eigenvalue weighted by atomic mass is 9.98. The van der Waals surface area contributed by atoms with Crippen LogP contribution in [0.25, 0.3) is 22.5 Å². The van der Waals surface area contributed by atoms with E-state index in [1.807, 2.05) is 55.5 Å². The minimum Gasteiger partial charge on any atom is -0.427 e. The zero-order chi connectivity index (χ0) is 30.3. The number of imidazole rings is 1. The minimum absolute atomic E-state index is 0.161. The molecule has 2 aromatic heterocycles. The van der Waals surface area contributed by atoms with Crippen molar-refractivity contribution in [2.45, 2.75) is 73.0 Å². The van der Waals surface area contributed by atoms with Crippen molar-refractivity contribution < 1.29 is 24.2 Å². The van der Waals surface area contributed by atoms with E-state index in [2.05, 4.69) is 27.5 Å². The van der Waals surface area contributed by atoms with Crippen LogP contribution in [0.1, 0.15) is 87.6 Å². The number of aliphatic hydroxyl groups excluding tert-OH is 1. The predicted octanol–water partition coefficient (Wildman–Crippen LogP) is 5.27. The summed E-state index contributed by atoms with van der Waals surface area (Å²) in [5, 5.41) is 25.2. The van der Waals surface area contributed by atoms with Gasteiger partial charge >= 0.3 is 11.9 Å². The van der Waals surface area contributed by atoms with Crippen LogP contribution in [0, 0.1) is 5.41 Å². The van der Waals surface area contributed by atoms with Crippen molar-refractivity contribution in [1.82, 2.24) is 30.2 Å². The van der Waals surface area contributed by atoms with Gasteiger partial charge in [-0.3, -0.25) is 4.79 Å². The zero-order valence-electron chi connectivity index (χ0n) is 24.8. The Morgan fingerprint density at radius 3 is 2.36 bits per heavy atom. The normalized spacial score (nSPS) is 12.2. The Kier molecular flexibility index (Phi) is 9.84. The molecule has 0 aliphatic rings. The number of carbonyl (C=O) groups is 2. The Hall–Kier alpha value is -4.38. The van der Waals surface area contributed by atoms with Crippen LogP contribution in [-0.4, -0.2) is 54.0 Å². The standard InChI is InChI=1S/C31H38N6O5/c1-6-8-13-25-32-26(24(38)7-2)27(29(39)41-19-42-30(40)31(3,4)5)37(25)18-20-14-16-21(17-15-20)22-11-9-10-12-23(22)28-33-35-36-34-28/h9-12,14-17,24,38H,6-8,13,18-19H2,1-5H3,(H,33,34,35,36).